The predicted molar refractivity (Wildman–Crippen MR) is 117 cm³/mol. The highest BCUT2D eigenvalue weighted by Crippen LogP contribution is 2.41. The molecule has 148 valence electrons. The lowest BCUT2D eigenvalue weighted by atomic mass is 9.92. The van der Waals surface area contributed by atoms with Gasteiger partial charge in [0.05, 0.1) is 17.7 Å². The SMILES string of the molecule is Cc1cc2c(cc1C#N)c(-c1cccc3c1CCCN3)cn2[C@H]1CC[C@H](O)CC1. The van der Waals surface area contributed by atoms with E-state index in [1.54, 1.807) is 0 Å². The largest absolute Gasteiger partial charge is 0.393 e. The quantitative estimate of drug-likeness (QED) is 0.627. The Bertz CT molecular complexity index is 1110. The second-order valence-corrected chi connectivity index (χ2v) is 8.57. The summed E-state index contributed by atoms with van der Waals surface area (Å²) in [5.74, 6) is 0. The minimum absolute atomic E-state index is 0.160. The van der Waals surface area contributed by atoms with Gasteiger partial charge in [-0.3, -0.25) is 0 Å². The van der Waals surface area contributed by atoms with Crippen LogP contribution in [0.4, 0.5) is 5.69 Å². The molecule has 4 heteroatoms. The summed E-state index contributed by atoms with van der Waals surface area (Å²) >= 11 is 0. The van der Waals surface area contributed by atoms with E-state index in [1.165, 1.54) is 27.9 Å². The van der Waals surface area contributed by atoms with Gasteiger partial charge in [0.1, 0.15) is 0 Å². The molecule has 1 fully saturated rings. The molecule has 0 unspecified atom stereocenters. The molecule has 0 amide bonds. The zero-order valence-electron chi connectivity index (χ0n) is 16.9. The molecule has 2 heterocycles. The van der Waals surface area contributed by atoms with Gasteiger partial charge in [-0.2, -0.15) is 5.26 Å². The van der Waals surface area contributed by atoms with Crippen LogP contribution in [0.3, 0.4) is 0 Å². The summed E-state index contributed by atoms with van der Waals surface area (Å²) in [6.45, 7) is 3.05. The fourth-order valence-corrected chi connectivity index (χ4v) is 5.14. The van der Waals surface area contributed by atoms with E-state index in [0.29, 0.717) is 6.04 Å². The molecule has 1 saturated carbocycles. The molecule has 0 bridgehead atoms. The molecular weight excluding hydrogens is 358 g/mol. The smallest absolute Gasteiger partial charge is 0.0994 e. The second-order valence-electron chi connectivity index (χ2n) is 8.57. The third kappa shape index (κ3) is 3.10. The number of aromatic nitrogens is 1. The van der Waals surface area contributed by atoms with Crippen LogP contribution in [0.1, 0.15) is 54.8 Å². The molecule has 2 N–H and O–H groups in total. The van der Waals surface area contributed by atoms with Crippen LogP contribution in [-0.4, -0.2) is 22.3 Å². The topological polar surface area (TPSA) is 61.0 Å². The average molecular weight is 386 g/mol. The van der Waals surface area contributed by atoms with Gasteiger partial charge in [0.15, 0.2) is 0 Å². The van der Waals surface area contributed by atoms with Gasteiger partial charge < -0.3 is 15.0 Å². The maximum absolute atomic E-state index is 9.96. The van der Waals surface area contributed by atoms with Crippen LogP contribution < -0.4 is 5.32 Å². The number of aliphatic hydroxyl groups excluding tert-OH is 1. The normalized spacial score (nSPS) is 21.4. The van der Waals surface area contributed by atoms with Crippen molar-refractivity contribution in [2.24, 2.45) is 0 Å². The van der Waals surface area contributed by atoms with Gasteiger partial charge in [0, 0.05) is 40.9 Å². The molecule has 4 nitrogen and oxygen atoms in total. The van der Waals surface area contributed by atoms with Gasteiger partial charge >= 0.3 is 0 Å². The molecule has 2 aromatic carbocycles. The molecule has 3 aromatic rings. The zero-order valence-corrected chi connectivity index (χ0v) is 16.9. The summed E-state index contributed by atoms with van der Waals surface area (Å²) in [7, 11) is 0. The Morgan fingerprint density at radius 2 is 1.97 bits per heavy atom. The molecule has 1 aliphatic carbocycles. The van der Waals surface area contributed by atoms with Crippen molar-refractivity contribution >= 4 is 16.6 Å². The number of nitrogens with zero attached hydrogens (tertiary/aromatic N) is 2. The third-order valence-electron chi connectivity index (χ3n) is 6.74. The standard InChI is InChI=1S/C25H27N3O/c1-16-12-25-22(13-17(16)14-26)23(15-28(25)18-7-9-19(29)10-8-18)20-4-2-6-24-21(20)5-3-11-27-24/h2,4,6,12-13,15,18-19,27,29H,3,5,7-11H2,1H3/t18-,19-. The number of benzene rings is 2. The van der Waals surface area contributed by atoms with E-state index in [-0.39, 0.29) is 6.10 Å². The van der Waals surface area contributed by atoms with Crippen molar-refractivity contribution in [3.63, 3.8) is 0 Å². The van der Waals surface area contributed by atoms with Crippen LogP contribution >= 0.6 is 0 Å². The zero-order chi connectivity index (χ0) is 20.0. The van der Waals surface area contributed by atoms with Crippen LogP contribution in [0.25, 0.3) is 22.0 Å². The monoisotopic (exact) mass is 385 g/mol. The molecule has 29 heavy (non-hydrogen) atoms. The van der Waals surface area contributed by atoms with Crippen molar-refractivity contribution in [2.45, 2.75) is 57.6 Å². The highest BCUT2D eigenvalue weighted by molar-refractivity contribution is 5.99. The first-order valence-electron chi connectivity index (χ1n) is 10.7. The molecule has 0 spiro atoms. The van der Waals surface area contributed by atoms with Crippen molar-refractivity contribution in [3.8, 4) is 17.2 Å². The second kappa shape index (κ2) is 7.24. The Hall–Kier alpha value is -2.77. The van der Waals surface area contributed by atoms with Crippen LogP contribution in [0.15, 0.2) is 36.5 Å². The van der Waals surface area contributed by atoms with Gasteiger partial charge in [-0.25, -0.2) is 0 Å². The molecular formula is C25H27N3O. The van der Waals surface area contributed by atoms with E-state index in [9.17, 15) is 10.4 Å². The van der Waals surface area contributed by atoms with Gasteiger partial charge in [-0.05, 0) is 80.3 Å². The maximum atomic E-state index is 9.96. The Labute approximate surface area is 171 Å². The number of nitriles is 1. The van der Waals surface area contributed by atoms with Crippen LogP contribution in [-0.2, 0) is 6.42 Å². The van der Waals surface area contributed by atoms with Gasteiger partial charge in [0.2, 0.25) is 0 Å². The molecule has 1 aromatic heterocycles. The number of aliphatic hydroxyl groups is 1. The lowest BCUT2D eigenvalue weighted by molar-refractivity contribution is 0.111. The number of aryl methyl sites for hydroxylation is 1. The number of nitrogens with one attached hydrogen (secondary N) is 1. The summed E-state index contributed by atoms with van der Waals surface area (Å²) in [6, 6.07) is 13.5. The van der Waals surface area contributed by atoms with E-state index in [2.05, 4.69) is 52.5 Å². The molecule has 0 saturated heterocycles. The summed E-state index contributed by atoms with van der Waals surface area (Å²) in [5.41, 5.74) is 8.11. The average Bonchev–Trinajstić information content (AvgIpc) is 3.11. The first kappa shape index (κ1) is 18.3. The highest BCUT2D eigenvalue weighted by atomic mass is 16.3. The van der Waals surface area contributed by atoms with Gasteiger partial charge in [0.25, 0.3) is 0 Å². The van der Waals surface area contributed by atoms with Gasteiger partial charge in [-0.1, -0.05) is 12.1 Å². The lowest BCUT2D eigenvalue weighted by Crippen LogP contribution is -2.20. The Morgan fingerprint density at radius 1 is 1.14 bits per heavy atom. The number of anilines is 1. The van der Waals surface area contributed by atoms with Crippen LogP contribution in [0, 0.1) is 18.3 Å². The van der Waals surface area contributed by atoms with Crippen molar-refractivity contribution in [1.82, 2.24) is 4.57 Å². The third-order valence-corrected chi connectivity index (χ3v) is 6.74. The highest BCUT2D eigenvalue weighted by Gasteiger charge is 2.25. The summed E-state index contributed by atoms with van der Waals surface area (Å²) in [5, 5.41) is 24.3. The van der Waals surface area contributed by atoms with Crippen molar-refractivity contribution in [3.05, 3.63) is 53.2 Å². The van der Waals surface area contributed by atoms with Crippen molar-refractivity contribution in [1.29, 1.82) is 5.26 Å². The van der Waals surface area contributed by atoms with E-state index >= 15 is 0 Å². The fraction of sp³-hybridized carbons (Fsp3) is 0.400. The lowest BCUT2D eigenvalue weighted by Gasteiger charge is -2.27. The minimum atomic E-state index is -0.160. The maximum Gasteiger partial charge on any atom is 0.0994 e. The van der Waals surface area contributed by atoms with E-state index in [4.69, 9.17) is 0 Å². The number of rotatable bonds is 2. The van der Waals surface area contributed by atoms with E-state index in [1.807, 2.05) is 6.92 Å². The minimum Gasteiger partial charge on any atom is -0.393 e. The van der Waals surface area contributed by atoms with Crippen molar-refractivity contribution < 1.29 is 5.11 Å². The summed E-state index contributed by atoms with van der Waals surface area (Å²) in [4.78, 5) is 0. The summed E-state index contributed by atoms with van der Waals surface area (Å²) < 4.78 is 2.42. The Balaban J connectivity index is 1.73. The molecule has 1 aliphatic heterocycles. The fourth-order valence-electron chi connectivity index (χ4n) is 5.14. The van der Waals surface area contributed by atoms with Crippen molar-refractivity contribution in [2.75, 3.05) is 11.9 Å². The Kier molecular flexibility index (Phi) is 4.56. The number of hydrogen-bond acceptors (Lipinski definition) is 3. The first-order valence-corrected chi connectivity index (χ1v) is 10.7. The Morgan fingerprint density at radius 3 is 2.76 bits per heavy atom. The molecule has 5 rings (SSSR count). The molecule has 0 radical (unpaired) electrons. The van der Waals surface area contributed by atoms with Gasteiger partial charge in [-0.15, -0.1) is 0 Å². The number of fused-ring (bicyclic) bond motifs is 2. The van der Waals surface area contributed by atoms with Crippen LogP contribution in [0.2, 0.25) is 0 Å². The predicted octanol–water partition coefficient (Wildman–Crippen LogP) is 5.32. The van der Waals surface area contributed by atoms with E-state index in [0.717, 1.165) is 61.6 Å². The van der Waals surface area contributed by atoms with E-state index < -0.39 is 0 Å². The van der Waals surface area contributed by atoms with Crippen LogP contribution in [0.5, 0.6) is 0 Å². The molecule has 2 aliphatic rings. The summed E-state index contributed by atoms with van der Waals surface area (Å²) in [6.07, 6.45) is 8.09. The number of hydrogen-bond donors (Lipinski definition) is 2. The first-order chi connectivity index (χ1) is 14.2. The molecule has 0 atom stereocenters.